The number of anilines is 2. The summed E-state index contributed by atoms with van der Waals surface area (Å²) in [5.41, 5.74) is 2.30. The Kier molecular flexibility index (Phi) is 6.34. The van der Waals surface area contributed by atoms with E-state index in [1.54, 1.807) is 42.5 Å². The van der Waals surface area contributed by atoms with Crippen LogP contribution in [0.25, 0.3) is 0 Å². The molecule has 0 aromatic heterocycles. The van der Waals surface area contributed by atoms with Gasteiger partial charge in [-0.15, -0.1) is 0 Å². The van der Waals surface area contributed by atoms with E-state index in [4.69, 9.17) is 16.3 Å². The summed E-state index contributed by atoms with van der Waals surface area (Å²) in [4.78, 5) is 38.3. The molecule has 0 radical (unpaired) electrons. The van der Waals surface area contributed by atoms with E-state index < -0.39 is 17.8 Å². The SMILES string of the molecule is CCCCOC(=O)c1ccc(NC2=C(Cl)C(=O)N(c3cccc(C)c3)C2=O)cc1. The number of aryl methyl sites for hydroxylation is 1. The Hall–Kier alpha value is -3.12. The summed E-state index contributed by atoms with van der Waals surface area (Å²) in [5.74, 6) is -1.52. The molecule has 2 amide bonds. The van der Waals surface area contributed by atoms with Crippen LogP contribution in [0.15, 0.2) is 59.3 Å². The zero-order valence-corrected chi connectivity index (χ0v) is 17.0. The van der Waals surface area contributed by atoms with Gasteiger partial charge in [-0.2, -0.15) is 0 Å². The van der Waals surface area contributed by atoms with E-state index >= 15 is 0 Å². The molecule has 0 fully saturated rings. The van der Waals surface area contributed by atoms with Gasteiger partial charge >= 0.3 is 5.97 Å². The zero-order valence-electron chi connectivity index (χ0n) is 16.2. The minimum atomic E-state index is -0.583. The van der Waals surface area contributed by atoms with Crippen molar-refractivity contribution >= 4 is 40.8 Å². The van der Waals surface area contributed by atoms with Crippen LogP contribution in [0.4, 0.5) is 11.4 Å². The first kappa shape index (κ1) is 20.6. The van der Waals surface area contributed by atoms with Crippen LogP contribution >= 0.6 is 11.6 Å². The maximum atomic E-state index is 12.8. The lowest BCUT2D eigenvalue weighted by Crippen LogP contribution is -2.32. The number of benzene rings is 2. The number of rotatable bonds is 7. The third-order valence-electron chi connectivity index (χ3n) is 4.41. The number of nitrogens with zero attached hydrogens (tertiary/aromatic N) is 1. The Labute approximate surface area is 174 Å². The van der Waals surface area contributed by atoms with Crippen molar-refractivity contribution in [2.45, 2.75) is 26.7 Å². The highest BCUT2D eigenvalue weighted by molar-refractivity contribution is 6.53. The van der Waals surface area contributed by atoms with Gasteiger partial charge in [0.1, 0.15) is 10.7 Å². The molecule has 0 spiro atoms. The summed E-state index contributed by atoms with van der Waals surface area (Å²) in [6.07, 6.45) is 1.75. The predicted octanol–water partition coefficient (Wildman–Crippen LogP) is 4.39. The lowest BCUT2D eigenvalue weighted by atomic mass is 10.2. The molecule has 3 rings (SSSR count). The number of ether oxygens (including phenoxy) is 1. The Morgan fingerprint density at radius 2 is 1.83 bits per heavy atom. The topological polar surface area (TPSA) is 75.7 Å². The number of unbranched alkanes of at least 4 members (excludes halogenated alkanes) is 1. The van der Waals surface area contributed by atoms with Crippen molar-refractivity contribution in [2.75, 3.05) is 16.8 Å². The van der Waals surface area contributed by atoms with Crippen molar-refractivity contribution in [2.24, 2.45) is 0 Å². The molecule has 7 heteroatoms. The summed E-state index contributed by atoms with van der Waals surface area (Å²) in [7, 11) is 0. The van der Waals surface area contributed by atoms with Crippen molar-refractivity contribution in [3.05, 3.63) is 70.4 Å². The Balaban J connectivity index is 1.73. The largest absolute Gasteiger partial charge is 0.462 e. The molecule has 29 heavy (non-hydrogen) atoms. The molecular weight excluding hydrogens is 392 g/mol. The minimum Gasteiger partial charge on any atom is -0.462 e. The van der Waals surface area contributed by atoms with Crippen molar-refractivity contribution in [1.82, 2.24) is 0 Å². The first-order chi connectivity index (χ1) is 13.9. The summed E-state index contributed by atoms with van der Waals surface area (Å²) < 4.78 is 5.17. The van der Waals surface area contributed by atoms with Gasteiger partial charge in [0.2, 0.25) is 0 Å². The Morgan fingerprint density at radius 3 is 2.48 bits per heavy atom. The highest BCUT2D eigenvalue weighted by atomic mass is 35.5. The third-order valence-corrected chi connectivity index (χ3v) is 4.76. The summed E-state index contributed by atoms with van der Waals surface area (Å²) >= 11 is 6.14. The fourth-order valence-corrected chi connectivity index (χ4v) is 3.05. The fourth-order valence-electron chi connectivity index (χ4n) is 2.84. The number of hydrogen-bond donors (Lipinski definition) is 1. The first-order valence-corrected chi connectivity index (χ1v) is 9.69. The number of carbonyl (C=O) groups excluding carboxylic acids is 3. The van der Waals surface area contributed by atoms with Crippen LogP contribution in [-0.2, 0) is 14.3 Å². The number of esters is 1. The Morgan fingerprint density at radius 1 is 1.10 bits per heavy atom. The third kappa shape index (κ3) is 4.49. The predicted molar refractivity (Wildman–Crippen MR) is 112 cm³/mol. The normalized spacial score (nSPS) is 13.8. The van der Waals surface area contributed by atoms with Crippen molar-refractivity contribution < 1.29 is 19.1 Å². The van der Waals surface area contributed by atoms with Gasteiger partial charge in [-0.05, 0) is 55.3 Å². The van der Waals surface area contributed by atoms with Crippen molar-refractivity contribution in [3.8, 4) is 0 Å². The molecular formula is C22H21ClN2O4. The highest BCUT2D eigenvalue weighted by Gasteiger charge is 2.38. The number of hydrogen-bond acceptors (Lipinski definition) is 5. The van der Waals surface area contributed by atoms with Crippen LogP contribution in [0.5, 0.6) is 0 Å². The molecule has 0 saturated heterocycles. The van der Waals surface area contributed by atoms with E-state index in [1.165, 1.54) is 0 Å². The van der Waals surface area contributed by atoms with E-state index in [0.29, 0.717) is 23.5 Å². The molecule has 0 saturated carbocycles. The minimum absolute atomic E-state index is 0.00329. The van der Waals surface area contributed by atoms with Gasteiger partial charge in [0.05, 0.1) is 17.9 Å². The van der Waals surface area contributed by atoms with Gasteiger partial charge < -0.3 is 10.1 Å². The van der Waals surface area contributed by atoms with Gasteiger partial charge in [-0.3, -0.25) is 9.59 Å². The fraction of sp³-hybridized carbons (Fsp3) is 0.227. The van der Waals surface area contributed by atoms with E-state index in [-0.39, 0.29) is 10.7 Å². The molecule has 1 heterocycles. The average molecular weight is 413 g/mol. The summed E-state index contributed by atoms with van der Waals surface area (Å²) in [6, 6.07) is 13.5. The summed E-state index contributed by atoms with van der Waals surface area (Å²) in [5, 5.41) is 2.71. The van der Waals surface area contributed by atoms with Crippen LogP contribution in [0, 0.1) is 6.92 Å². The maximum absolute atomic E-state index is 12.8. The molecule has 1 aliphatic heterocycles. The average Bonchev–Trinajstić information content (AvgIpc) is 2.92. The molecule has 6 nitrogen and oxygen atoms in total. The lowest BCUT2D eigenvalue weighted by Gasteiger charge is -2.15. The smallest absolute Gasteiger partial charge is 0.338 e. The molecule has 0 aliphatic carbocycles. The molecule has 2 aromatic carbocycles. The van der Waals surface area contributed by atoms with Crippen LogP contribution in [0.1, 0.15) is 35.7 Å². The maximum Gasteiger partial charge on any atom is 0.338 e. The second kappa shape index (κ2) is 8.92. The van der Waals surface area contributed by atoms with Gasteiger partial charge in [0.25, 0.3) is 11.8 Å². The quantitative estimate of drug-likeness (QED) is 0.414. The molecule has 0 unspecified atom stereocenters. The van der Waals surface area contributed by atoms with Crippen LogP contribution in [-0.4, -0.2) is 24.4 Å². The van der Waals surface area contributed by atoms with Crippen LogP contribution < -0.4 is 10.2 Å². The molecule has 0 atom stereocenters. The first-order valence-electron chi connectivity index (χ1n) is 9.31. The van der Waals surface area contributed by atoms with Crippen LogP contribution in [0.3, 0.4) is 0 Å². The lowest BCUT2D eigenvalue weighted by molar-refractivity contribution is -0.120. The van der Waals surface area contributed by atoms with Gasteiger partial charge in [-0.1, -0.05) is 37.1 Å². The number of imide groups is 1. The van der Waals surface area contributed by atoms with Crippen molar-refractivity contribution in [1.29, 1.82) is 0 Å². The Bertz CT molecular complexity index is 983. The number of amides is 2. The zero-order chi connectivity index (χ0) is 21.0. The van der Waals surface area contributed by atoms with E-state index in [1.807, 2.05) is 19.9 Å². The number of halogens is 1. The molecule has 1 aliphatic rings. The molecule has 150 valence electrons. The molecule has 2 aromatic rings. The monoisotopic (exact) mass is 412 g/mol. The van der Waals surface area contributed by atoms with Crippen molar-refractivity contribution in [3.63, 3.8) is 0 Å². The van der Waals surface area contributed by atoms with Gasteiger partial charge in [-0.25, -0.2) is 9.69 Å². The van der Waals surface area contributed by atoms with E-state index in [0.717, 1.165) is 23.3 Å². The summed E-state index contributed by atoms with van der Waals surface area (Å²) in [6.45, 7) is 4.27. The molecule has 1 N–H and O–H groups in total. The van der Waals surface area contributed by atoms with Gasteiger partial charge in [0.15, 0.2) is 0 Å². The van der Waals surface area contributed by atoms with Crippen LogP contribution in [0.2, 0.25) is 0 Å². The second-order valence-electron chi connectivity index (χ2n) is 6.67. The van der Waals surface area contributed by atoms with Gasteiger partial charge in [0, 0.05) is 5.69 Å². The second-order valence-corrected chi connectivity index (χ2v) is 7.04. The number of carbonyl (C=O) groups is 3. The highest BCUT2D eigenvalue weighted by Crippen LogP contribution is 2.30. The van der Waals surface area contributed by atoms with E-state index in [9.17, 15) is 14.4 Å². The number of nitrogens with one attached hydrogen (secondary N) is 1. The standard InChI is InChI=1S/C22H21ClN2O4/c1-3-4-12-29-22(28)15-8-10-16(11-9-15)24-19-18(23)20(26)25(21(19)27)17-7-5-6-14(2)13-17/h5-11,13,24H,3-4,12H2,1-2H3. The van der Waals surface area contributed by atoms with E-state index in [2.05, 4.69) is 5.32 Å². The molecule has 0 bridgehead atoms.